The summed E-state index contributed by atoms with van der Waals surface area (Å²) in [5.41, 5.74) is -0.00603. The van der Waals surface area contributed by atoms with Gasteiger partial charge in [0, 0.05) is 17.8 Å². The van der Waals surface area contributed by atoms with Crippen LogP contribution in [0.2, 0.25) is 0 Å². The average Bonchev–Trinajstić information content (AvgIpc) is 2.24. The molecule has 1 heterocycles. The van der Waals surface area contributed by atoms with Gasteiger partial charge in [-0.2, -0.15) is 11.8 Å². The molecule has 1 aliphatic heterocycles. The van der Waals surface area contributed by atoms with E-state index in [4.69, 9.17) is 4.74 Å². The molecule has 5 heteroatoms. The van der Waals surface area contributed by atoms with Gasteiger partial charge in [0.15, 0.2) is 0 Å². The zero-order valence-corrected chi connectivity index (χ0v) is 15.2. The Morgan fingerprint density at radius 1 is 1.43 bits per heavy atom. The Kier molecular flexibility index (Phi) is 6.85. The van der Waals surface area contributed by atoms with Crippen molar-refractivity contribution in [2.24, 2.45) is 5.41 Å². The Balaban J connectivity index is 2.18. The fraction of sp³-hybridized carbons (Fsp3) is 0.938. The predicted octanol–water partition coefficient (Wildman–Crippen LogP) is 3.41. The van der Waals surface area contributed by atoms with E-state index in [0.29, 0.717) is 11.5 Å². The number of ether oxygens (including phenoxy) is 1. The molecule has 0 aromatic carbocycles. The molecule has 21 heavy (non-hydrogen) atoms. The van der Waals surface area contributed by atoms with Crippen LogP contribution in [0.25, 0.3) is 0 Å². The van der Waals surface area contributed by atoms with E-state index in [9.17, 15) is 4.79 Å². The van der Waals surface area contributed by atoms with Crippen molar-refractivity contribution in [1.82, 2.24) is 10.6 Å². The molecule has 1 saturated heterocycles. The van der Waals surface area contributed by atoms with Crippen LogP contribution >= 0.6 is 11.8 Å². The highest BCUT2D eigenvalue weighted by atomic mass is 32.2. The van der Waals surface area contributed by atoms with E-state index in [1.807, 2.05) is 39.5 Å². The van der Waals surface area contributed by atoms with Crippen LogP contribution in [0.4, 0.5) is 4.79 Å². The summed E-state index contributed by atoms with van der Waals surface area (Å²) in [6, 6.07) is 0.712. The molecule has 0 spiro atoms. The number of rotatable bonds is 5. The highest BCUT2D eigenvalue weighted by molar-refractivity contribution is 7.99. The number of amides is 1. The van der Waals surface area contributed by atoms with Gasteiger partial charge in [0.05, 0.1) is 0 Å². The lowest BCUT2D eigenvalue weighted by Gasteiger charge is -2.35. The summed E-state index contributed by atoms with van der Waals surface area (Å²) in [6.45, 7) is 13.2. The van der Waals surface area contributed by atoms with Crippen molar-refractivity contribution in [3.8, 4) is 0 Å². The number of hydrogen-bond donors (Lipinski definition) is 2. The van der Waals surface area contributed by atoms with Crippen molar-refractivity contribution in [3.05, 3.63) is 0 Å². The first-order valence-electron chi connectivity index (χ1n) is 7.88. The Labute approximate surface area is 134 Å². The van der Waals surface area contributed by atoms with Gasteiger partial charge in [-0.05, 0) is 58.2 Å². The van der Waals surface area contributed by atoms with Gasteiger partial charge >= 0.3 is 6.09 Å². The van der Waals surface area contributed by atoms with Crippen LogP contribution in [0.15, 0.2) is 0 Å². The molecule has 1 aliphatic rings. The molecule has 2 atom stereocenters. The van der Waals surface area contributed by atoms with Crippen LogP contribution in [-0.2, 0) is 4.74 Å². The molecule has 0 radical (unpaired) electrons. The van der Waals surface area contributed by atoms with Crippen molar-refractivity contribution in [2.45, 2.75) is 72.1 Å². The van der Waals surface area contributed by atoms with Gasteiger partial charge < -0.3 is 15.4 Å². The SMILES string of the molecule is CC(CCNC1CSCC(C)(C)C1)NC(=O)OC(C)(C)C. The lowest BCUT2D eigenvalue weighted by molar-refractivity contribution is 0.0506. The molecule has 0 bridgehead atoms. The first-order chi connectivity index (χ1) is 9.57. The Morgan fingerprint density at radius 3 is 2.67 bits per heavy atom. The fourth-order valence-electron chi connectivity index (χ4n) is 2.48. The van der Waals surface area contributed by atoms with Crippen molar-refractivity contribution in [3.63, 3.8) is 0 Å². The van der Waals surface area contributed by atoms with Crippen LogP contribution in [0.1, 0.15) is 54.4 Å². The lowest BCUT2D eigenvalue weighted by Crippen LogP contribution is -2.43. The molecular formula is C16H32N2O2S. The van der Waals surface area contributed by atoms with Gasteiger partial charge in [0.25, 0.3) is 0 Å². The second-order valence-electron chi connectivity index (χ2n) is 7.87. The summed E-state index contributed by atoms with van der Waals surface area (Å²) in [5.74, 6) is 2.44. The first kappa shape index (κ1) is 18.6. The summed E-state index contributed by atoms with van der Waals surface area (Å²) in [6.07, 6.45) is 1.82. The molecule has 124 valence electrons. The van der Waals surface area contributed by atoms with Gasteiger partial charge in [0.1, 0.15) is 5.60 Å². The number of carbonyl (C=O) groups excluding carboxylic acids is 1. The van der Waals surface area contributed by atoms with Gasteiger partial charge in [0.2, 0.25) is 0 Å². The van der Waals surface area contributed by atoms with E-state index < -0.39 is 5.60 Å². The van der Waals surface area contributed by atoms with Crippen molar-refractivity contribution >= 4 is 17.9 Å². The van der Waals surface area contributed by atoms with Crippen molar-refractivity contribution in [2.75, 3.05) is 18.1 Å². The van der Waals surface area contributed by atoms with E-state index >= 15 is 0 Å². The maximum absolute atomic E-state index is 11.7. The third kappa shape index (κ3) is 8.57. The van der Waals surface area contributed by atoms with E-state index in [-0.39, 0.29) is 12.1 Å². The van der Waals surface area contributed by atoms with E-state index in [2.05, 4.69) is 24.5 Å². The van der Waals surface area contributed by atoms with Gasteiger partial charge in [-0.1, -0.05) is 13.8 Å². The molecule has 4 nitrogen and oxygen atoms in total. The van der Waals surface area contributed by atoms with Crippen LogP contribution < -0.4 is 10.6 Å². The number of carbonyl (C=O) groups is 1. The topological polar surface area (TPSA) is 50.4 Å². The summed E-state index contributed by atoms with van der Waals surface area (Å²) in [5, 5.41) is 6.50. The second kappa shape index (κ2) is 7.73. The number of thioether (sulfide) groups is 1. The monoisotopic (exact) mass is 316 g/mol. The summed E-state index contributed by atoms with van der Waals surface area (Å²) in [7, 11) is 0. The third-order valence-electron chi connectivity index (χ3n) is 3.38. The predicted molar refractivity (Wildman–Crippen MR) is 91.0 cm³/mol. The van der Waals surface area contributed by atoms with E-state index in [1.165, 1.54) is 17.9 Å². The summed E-state index contributed by atoms with van der Waals surface area (Å²) in [4.78, 5) is 11.7. The van der Waals surface area contributed by atoms with Crippen LogP contribution in [0.5, 0.6) is 0 Å². The second-order valence-corrected chi connectivity index (χ2v) is 8.90. The van der Waals surface area contributed by atoms with Crippen LogP contribution in [-0.4, -0.2) is 41.8 Å². The third-order valence-corrected chi connectivity index (χ3v) is 5.01. The number of alkyl carbamates (subject to hydrolysis) is 1. The maximum atomic E-state index is 11.7. The standard InChI is InChI=1S/C16H32N2O2S/c1-12(18-14(19)20-15(2,3)4)7-8-17-13-9-16(5,6)11-21-10-13/h12-13,17H,7-11H2,1-6H3,(H,18,19). The van der Waals surface area contributed by atoms with E-state index in [0.717, 1.165) is 13.0 Å². The van der Waals surface area contributed by atoms with Crippen LogP contribution in [0, 0.1) is 5.41 Å². The maximum Gasteiger partial charge on any atom is 0.407 e. The smallest absolute Gasteiger partial charge is 0.407 e. The minimum Gasteiger partial charge on any atom is -0.444 e. The first-order valence-corrected chi connectivity index (χ1v) is 9.03. The Bertz CT molecular complexity index is 340. The quantitative estimate of drug-likeness (QED) is 0.816. The Morgan fingerprint density at radius 2 is 2.10 bits per heavy atom. The highest BCUT2D eigenvalue weighted by Gasteiger charge is 2.28. The average molecular weight is 317 g/mol. The molecule has 0 aliphatic carbocycles. The molecule has 1 fully saturated rings. The van der Waals surface area contributed by atoms with Gasteiger partial charge in [-0.15, -0.1) is 0 Å². The summed E-state index contributed by atoms with van der Waals surface area (Å²) < 4.78 is 5.26. The van der Waals surface area contributed by atoms with E-state index in [1.54, 1.807) is 0 Å². The number of hydrogen-bond acceptors (Lipinski definition) is 4. The minimum absolute atomic E-state index is 0.122. The lowest BCUT2D eigenvalue weighted by atomic mass is 9.88. The Hall–Kier alpha value is -0.420. The minimum atomic E-state index is -0.438. The number of nitrogens with one attached hydrogen (secondary N) is 2. The molecule has 1 amide bonds. The highest BCUT2D eigenvalue weighted by Crippen LogP contribution is 2.33. The van der Waals surface area contributed by atoms with Crippen LogP contribution in [0.3, 0.4) is 0 Å². The summed E-state index contributed by atoms with van der Waals surface area (Å²) >= 11 is 2.03. The zero-order valence-electron chi connectivity index (χ0n) is 14.4. The van der Waals surface area contributed by atoms with Crippen molar-refractivity contribution in [1.29, 1.82) is 0 Å². The largest absolute Gasteiger partial charge is 0.444 e. The molecule has 2 unspecified atom stereocenters. The van der Waals surface area contributed by atoms with Gasteiger partial charge in [-0.25, -0.2) is 4.79 Å². The molecule has 0 saturated carbocycles. The normalized spacial score (nSPS) is 23.4. The van der Waals surface area contributed by atoms with Crippen molar-refractivity contribution < 1.29 is 9.53 Å². The molecule has 0 aromatic rings. The fourth-order valence-corrected chi connectivity index (χ4v) is 3.79. The zero-order chi connectivity index (χ0) is 16.1. The molecule has 1 rings (SSSR count). The molecular weight excluding hydrogens is 284 g/mol. The molecule has 2 N–H and O–H groups in total. The van der Waals surface area contributed by atoms with Gasteiger partial charge in [-0.3, -0.25) is 0 Å². The molecule has 0 aromatic heterocycles.